The lowest BCUT2D eigenvalue weighted by Crippen LogP contribution is -2.30. The van der Waals surface area contributed by atoms with E-state index in [1.54, 1.807) is 0 Å². The highest BCUT2D eigenvalue weighted by Crippen LogP contribution is 2.14. The van der Waals surface area contributed by atoms with E-state index in [0.717, 1.165) is 96.3 Å². The molecule has 0 aromatic carbocycles. The zero-order valence-corrected chi connectivity index (χ0v) is 44.8. The van der Waals surface area contributed by atoms with E-state index in [1.807, 2.05) is 0 Å². The molecule has 0 bridgehead atoms. The lowest BCUT2D eigenvalue weighted by molar-refractivity contribution is -0.163. The highest BCUT2D eigenvalue weighted by molar-refractivity contribution is 5.70. The minimum absolute atomic E-state index is 0.0629. The summed E-state index contributed by atoms with van der Waals surface area (Å²) >= 11 is 0. The second-order valence-electron chi connectivity index (χ2n) is 18.8. The van der Waals surface area contributed by atoms with Gasteiger partial charge in [-0.1, -0.05) is 227 Å². The average Bonchev–Trinajstić information content (AvgIpc) is 3.34. The van der Waals surface area contributed by atoms with Crippen LogP contribution in [0.5, 0.6) is 0 Å². The highest BCUT2D eigenvalue weighted by Gasteiger charge is 2.17. The maximum Gasteiger partial charge on any atom is 0.306 e. The summed E-state index contributed by atoms with van der Waals surface area (Å²) in [6.45, 7) is 7.62. The van der Waals surface area contributed by atoms with Gasteiger partial charge in [0.25, 0.3) is 0 Å². The van der Waals surface area contributed by atoms with Crippen molar-refractivity contribution in [2.24, 2.45) is 0 Å². The Labute approximate surface area is 422 Å². The summed E-state index contributed by atoms with van der Waals surface area (Å²) < 4.78 is 17.4. The number of carbonyl (C=O) groups excluding carboxylic acids is 2. The van der Waals surface area contributed by atoms with E-state index in [1.165, 1.54) is 135 Å². The molecule has 68 heavy (non-hydrogen) atoms. The number of carbonyl (C=O) groups is 2. The fourth-order valence-corrected chi connectivity index (χ4v) is 7.80. The SMILES string of the molecule is CC/C=C\C/C=C\C/C=C\CCCCCC(=O)OC(COCCCCCCCCC/C=C\C/C=C\C/C=C\CCCCC)COC(=O)CCCCCCCCCCC/C=C\C/C=C\CCCCC. The largest absolute Gasteiger partial charge is 0.462 e. The third-order valence-corrected chi connectivity index (χ3v) is 12.1. The summed E-state index contributed by atoms with van der Waals surface area (Å²) in [7, 11) is 0. The Bertz CT molecular complexity index is 1300. The van der Waals surface area contributed by atoms with Crippen LogP contribution in [0.1, 0.15) is 265 Å². The monoisotopic (exact) mass is 945 g/mol. The molecule has 0 aliphatic carbocycles. The number of hydrogen-bond acceptors (Lipinski definition) is 5. The van der Waals surface area contributed by atoms with Crippen LogP contribution in [0.25, 0.3) is 0 Å². The van der Waals surface area contributed by atoms with Gasteiger partial charge < -0.3 is 14.2 Å². The van der Waals surface area contributed by atoms with E-state index in [0.29, 0.717) is 19.4 Å². The van der Waals surface area contributed by atoms with Crippen molar-refractivity contribution < 1.29 is 23.8 Å². The number of ether oxygens (including phenoxy) is 3. The van der Waals surface area contributed by atoms with E-state index < -0.39 is 6.10 Å². The van der Waals surface area contributed by atoms with Crippen molar-refractivity contribution in [2.75, 3.05) is 19.8 Å². The number of allylic oxidation sites excluding steroid dienone is 16. The Morgan fingerprint density at radius 3 is 1.07 bits per heavy atom. The van der Waals surface area contributed by atoms with Gasteiger partial charge in [0.15, 0.2) is 6.10 Å². The predicted molar refractivity (Wildman–Crippen MR) is 297 cm³/mol. The number of unbranched alkanes of at least 4 members (excludes halogenated alkanes) is 25. The van der Waals surface area contributed by atoms with Gasteiger partial charge in [-0.25, -0.2) is 0 Å². The van der Waals surface area contributed by atoms with Gasteiger partial charge in [0.1, 0.15) is 6.61 Å². The molecule has 5 heteroatoms. The molecule has 1 unspecified atom stereocenters. The molecule has 0 heterocycles. The maximum absolute atomic E-state index is 12.8. The molecule has 0 aliphatic heterocycles. The van der Waals surface area contributed by atoms with Crippen LogP contribution in [0.2, 0.25) is 0 Å². The molecular formula is C63H108O5. The van der Waals surface area contributed by atoms with Crippen molar-refractivity contribution in [3.05, 3.63) is 97.2 Å². The quantitative estimate of drug-likeness (QED) is 0.0345. The predicted octanol–water partition coefficient (Wildman–Crippen LogP) is 19.8. The van der Waals surface area contributed by atoms with E-state index >= 15 is 0 Å². The van der Waals surface area contributed by atoms with Crippen molar-refractivity contribution in [3.63, 3.8) is 0 Å². The Hall–Kier alpha value is -3.18. The van der Waals surface area contributed by atoms with Gasteiger partial charge in [0.2, 0.25) is 0 Å². The Kier molecular flexibility index (Phi) is 55.4. The standard InChI is InChI=1S/C63H108O5/c1-4-7-10-13-16-19-22-25-27-29-31-33-35-37-40-43-46-49-52-55-58-66-59-61(68-63(65)57-54-51-48-45-42-38-24-21-18-15-12-9-6-3)60-67-62(64)56-53-50-47-44-41-39-36-34-32-30-28-26-23-20-17-14-11-8-5-2/h9,12,16-21,25-28,31,33,38,42,61H,4-8,10-11,13-15,22-24,29-30,32,34-37,39-41,43-60H2,1-3H3/b12-9-,19-16-,20-17-,21-18-,27-25-,28-26-,33-31-,42-38-. The molecule has 0 aromatic heterocycles. The van der Waals surface area contributed by atoms with Crippen LogP contribution in [0.15, 0.2) is 97.2 Å². The summed E-state index contributed by atoms with van der Waals surface area (Å²) in [5.41, 5.74) is 0. The normalized spacial score (nSPS) is 12.9. The molecule has 0 saturated heterocycles. The molecule has 0 spiro atoms. The van der Waals surface area contributed by atoms with Gasteiger partial charge in [-0.05, 0) is 122 Å². The van der Waals surface area contributed by atoms with E-state index in [-0.39, 0.29) is 25.2 Å². The third kappa shape index (κ3) is 55.4. The van der Waals surface area contributed by atoms with Crippen LogP contribution < -0.4 is 0 Å². The Morgan fingerprint density at radius 1 is 0.338 bits per heavy atom. The van der Waals surface area contributed by atoms with Gasteiger partial charge in [-0.3, -0.25) is 9.59 Å². The van der Waals surface area contributed by atoms with Crippen molar-refractivity contribution in [1.29, 1.82) is 0 Å². The first-order chi connectivity index (χ1) is 33.6. The van der Waals surface area contributed by atoms with Crippen LogP contribution in [0, 0.1) is 0 Å². The number of rotatable bonds is 52. The topological polar surface area (TPSA) is 61.8 Å². The fourth-order valence-electron chi connectivity index (χ4n) is 7.80. The second-order valence-corrected chi connectivity index (χ2v) is 18.8. The molecule has 0 amide bonds. The van der Waals surface area contributed by atoms with Gasteiger partial charge in [-0.2, -0.15) is 0 Å². The molecular weight excluding hydrogens is 837 g/mol. The van der Waals surface area contributed by atoms with Crippen LogP contribution >= 0.6 is 0 Å². The molecule has 0 radical (unpaired) electrons. The average molecular weight is 946 g/mol. The first kappa shape index (κ1) is 64.8. The fraction of sp³-hybridized carbons (Fsp3) is 0.714. The lowest BCUT2D eigenvalue weighted by Gasteiger charge is -2.18. The van der Waals surface area contributed by atoms with Crippen LogP contribution in [0.3, 0.4) is 0 Å². The second kappa shape index (κ2) is 58.1. The number of esters is 2. The van der Waals surface area contributed by atoms with E-state index in [2.05, 4.69) is 118 Å². The summed E-state index contributed by atoms with van der Waals surface area (Å²) in [4.78, 5) is 25.5. The molecule has 0 aliphatic rings. The zero-order valence-electron chi connectivity index (χ0n) is 44.8. The molecule has 0 fully saturated rings. The van der Waals surface area contributed by atoms with E-state index in [4.69, 9.17) is 14.2 Å². The molecule has 0 N–H and O–H groups in total. The lowest BCUT2D eigenvalue weighted by atomic mass is 10.1. The Balaban J connectivity index is 4.30. The summed E-state index contributed by atoms with van der Waals surface area (Å²) in [5.74, 6) is -0.440. The van der Waals surface area contributed by atoms with Crippen LogP contribution in [-0.2, 0) is 23.8 Å². The van der Waals surface area contributed by atoms with Crippen LogP contribution in [-0.4, -0.2) is 37.9 Å². The summed E-state index contributed by atoms with van der Waals surface area (Å²) in [6.07, 6.45) is 78.6. The smallest absolute Gasteiger partial charge is 0.306 e. The molecule has 390 valence electrons. The molecule has 0 aromatic rings. The van der Waals surface area contributed by atoms with E-state index in [9.17, 15) is 9.59 Å². The number of hydrogen-bond donors (Lipinski definition) is 0. The van der Waals surface area contributed by atoms with Gasteiger partial charge in [0.05, 0.1) is 6.61 Å². The zero-order chi connectivity index (χ0) is 49.2. The molecule has 0 rings (SSSR count). The Morgan fingerprint density at radius 2 is 0.662 bits per heavy atom. The van der Waals surface area contributed by atoms with Crippen molar-refractivity contribution in [3.8, 4) is 0 Å². The maximum atomic E-state index is 12.8. The molecule has 1 atom stereocenters. The molecule has 0 saturated carbocycles. The highest BCUT2D eigenvalue weighted by atomic mass is 16.6. The summed E-state index contributed by atoms with van der Waals surface area (Å²) in [6, 6.07) is 0. The van der Waals surface area contributed by atoms with Crippen molar-refractivity contribution >= 4 is 11.9 Å². The van der Waals surface area contributed by atoms with Crippen LogP contribution in [0.4, 0.5) is 0 Å². The minimum atomic E-state index is -0.564. The van der Waals surface area contributed by atoms with Crippen molar-refractivity contribution in [2.45, 2.75) is 271 Å². The van der Waals surface area contributed by atoms with Gasteiger partial charge in [-0.15, -0.1) is 0 Å². The first-order valence-electron chi connectivity index (χ1n) is 28.8. The summed E-state index contributed by atoms with van der Waals surface area (Å²) in [5, 5.41) is 0. The van der Waals surface area contributed by atoms with Crippen molar-refractivity contribution in [1.82, 2.24) is 0 Å². The molecule has 5 nitrogen and oxygen atoms in total. The van der Waals surface area contributed by atoms with Gasteiger partial charge >= 0.3 is 11.9 Å². The van der Waals surface area contributed by atoms with Gasteiger partial charge in [0, 0.05) is 19.4 Å². The first-order valence-corrected chi connectivity index (χ1v) is 28.8. The third-order valence-electron chi connectivity index (χ3n) is 12.1. The minimum Gasteiger partial charge on any atom is -0.462 e.